The summed E-state index contributed by atoms with van der Waals surface area (Å²) in [4.78, 5) is 0. The van der Waals surface area contributed by atoms with Gasteiger partial charge < -0.3 is 11.1 Å². The van der Waals surface area contributed by atoms with Gasteiger partial charge in [0.25, 0.3) is 0 Å². The van der Waals surface area contributed by atoms with Gasteiger partial charge in [-0.25, -0.2) is 0 Å². The summed E-state index contributed by atoms with van der Waals surface area (Å²) in [6, 6.07) is 16.6. The number of hydrogen-bond donors (Lipinski definition) is 2. The van der Waals surface area contributed by atoms with Crippen LogP contribution in [0.25, 0.3) is 0 Å². The van der Waals surface area contributed by atoms with E-state index < -0.39 is 0 Å². The van der Waals surface area contributed by atoms with E-state index in [0.717, 1.165) is 22.3 Å². The molecule has 2 nitrogen and oxygen atoms in total. The SMILES string of the molecule is CC(Cc1ccccc1)Nc1cc(Br)ccc1N. The lowest BCUT2D eigenvalue weighted by molar-refractivity contribution is 0.791. The van der Waals surface area contributed by atoms with E-state index in [1.807, 2.05) is 24.3 Å². The van der Waals surface area contributed by atoms with Crippen molar-refractivity contribution in [2.45, 2.75) is 19.4 Å². The lowest BCUT2D eigenvalue weighted by Gasteiger charge is -2.17. The maximum Gasteiger partial charge on any atom is 0.0587 e. The molecule has 3 N–H and O–H groups in total. The molecule has 18 heavy (non-hydrogen) atoms. The van der Waals surface area contributed by atoms with Crippen molar-refractivity contribution in [1.29, 1.82) is 0 Å². The number of hydrogen-bond acceptors (Lipinski definition) is 2. The largest absolute Gasteiger partial charge is 0.397 e. The molecular formula is C15H17BrN2. The molecule has 1 atom stereocenters. The molecule has 2 aromatic rings. The number of nitrogen functional groups attached to an aromatic ring is 1. The number of nitrogens with two attached hydrogens (primary N) is 1. The van der Waals surface area contributed by atoms with E-state index in [1.165, 1.54) is 5.56 Å². The third-order valence-corrected chi connectivity index (χ3v) is 3.30. The van der Waals surface area contributed by atoms with Crippen LogP contribution in [-0.4, -0.2) is 6.04 Å². The first-order valence-corrected chi connectivity index (χ1v) is 6.80. The van der Waals surface area contributed by atoms with Crippen molar-refractivity contribution in [3.05, 3.63) is 58.6 Å². The highest BCUT2D eigenvalue weighted by Crippen LogP contribution is 2.24. The van der Waals surface area contributed by atoms with Crippen LogP contribution < -0.4 is 11.1 Å². The Bertz CT molecular complexity index is 511. The van der Waals surface area contributed by atoms with Gasteiger partial charge in [-0.15, -0.1) is 0 Å². The number of rotatable bonds is 4. The van der Waals surface area contributed by atoms with Crippen LogP contribution in [0.5, 0.6) is 0 Å². The zero-order chi connectivity index (χ0) is 13.0. The Kier molecular flexibility index (Phi) is 4.26. The maximum absolute atomic E-state index is 5.95. The van der Waals surface area contributed by atoms with Crippen LogP contribution in [0.3, 0.4) is 0 Å². The van der Waals surface area contributed by atoms with Crippen molar-refractivity contribution in [2.24, 2.45) is 0 Å². The second kappa shape index (κ2) is 5.91. The lowest BCUT2D eigenvalue weighted by Crippen LogP contribution is -2.18. The van der Waals surface area contributed by atoms with E-state index in [2.05, 4.69) is 52.4 Å². The minimum atomic E-state index is 0.337. The molecule has 2 aromatic carbocycles. The molecule has 3 heteroatoms. The van der Waals surface area contributed by atoms with Crippen LogP contribution in [0.15, 0.2) is 53.0 Å². The highest BCUT2D eigenvalue weighted by molar-refractivity contribution is 9.10. The van der Waals surface area contributed by atoms with Crippen molar-refractivity contribution < 1.29 is 0 Å². The van der Waals surface area contributed by atoms with E-state index in [9.17, 15) is 0 Å². The fourth-order valence-corrected chi connectivity index (χ4v) is 2.30. The van der Waals surface area contributed by atoms with E-state index in [0.29, 0.717) is 6.04 Å². The van der Waals surface area contributed by atoms with Crippen LogP contribution >= 0.6 is 15.9 Å². The van der Waals surface area contributed by atoms with Crippen molar-refractivity contribution >= 4 is 27.3 Å². The maximum atomic E-state index is 5.95. The molecule has 0 aliphatic carbocycles. The average molecular weight is 305 g/mol. The van der Waals surface area contributed by atoms with Crippen LogP contribution in [0.4, 0.5) is 11.4 Å². The lowest BCUT2D eigenvalue weighted by atomic mass is 10.1. The first-order valence-electron chi connectivity index (χ1n) is 6.00. The molecule has 0 saturated heterocycles. The fourth-order valence-electron chi connectivity index (χ4n) is 1.94. The highest BCUT2D eigenvalue weighted by Gasteiger charge is 2.06. The summed E-state index contributed by atoms with van der Waals surface area (Å²) in [5, 5.41) is 3.44. The first kappa shape index (κ1) is 13.0. The minimum Gasteiger partial charge on any atom is -0.397 e. The molecule has 0 aliphatic rings. The Morgan fingerprint density at radius 2 is 1.89 bits per heavy atom. The predicted molar refractivity (Wildman–Crippen MR) is 81.8 cm³/mol. The molecule has 1 unspecified atom stereocenters. The number of anilines is 2. The van der Waals surface area contributed by atoms with E-state index in [4.69, 9.17) is 5.73 Å². The van der Waals surface area contributed by atoms with Crippen LogP contribution in [-0.2, 0) is 6.42 Å². The van der Waals surface area contributed by atoms with E-state index in [-0.39, 0.29) is 0 Å². The van der Waals surface area contributed by atoms with E-state index in [1.54, 1.807) is 0 Å². The molecule has 0 heterocycles. The van der Waals surface area contributed by atoms with Gasteiger partial charge in [0.15, 0.2) is 0 Å². The predicted octanol–water partition coefficient (Wildman–Crippen LogP) is 4.07. The van der Waals surface area contributed by atoms with Gasteiger partial charge in [0.05, 0.1) is 11.4 Å². The third-order valence-electron chi connectivity index (χ3n) is 2.80. The van der Waals surface area contributed by atoms with Crippen LogP contribution in [0.2, 0.25) is 0 Å². The molecule has 0 bridgehead atoms. The highest BCUT2D eigenvalue weighted by atomic mass is 79.9. The number of benzene rings is 2. The molecule has 0 spiro atoms. The molecule has 94 valence electrons. The molecular weight excluding hydrogens is 288 g/mol. The van der Waals surface area contributed by atoms with Crippen molar-refractivity contribution in [3.8, 4) is 0 Å². The molecule has 0 radical (unpaired) electrons. The summed E-state index contributed by atoms with van der Waals surface area (Å²) in [6.07, 6.45) is 0.979. The van der Waals surface area contributed by atoms with Gasteiger partial charge in [-0.1, -0.05) is 46.3 Å². The summed E-state index contributed by atoms with van der Waals surface area (Å²) >= 11 is 3.46. The van der Waals surface area contributed by atoms with Crippen molar-refractivity contribution in [1.82, 2.24) is 0 Å². The van der Waals surface area contributed by atoms with Crippen molar-refractivity contribution in [2.75, 3.05) is 11.1 Å². The van der Waals surface area contributed by atoms with Gasteiger partial charge in [0.1, 0.15) is 0 Å². The van der Waals surface area contributed by atoms with Crippen molar-refractivity contribution in [3.63, 3.8) is 0 Å². The second-order valence-corrected chi connectivity index (χ2v) is 5.38. The van der Waals surface area contributed by atoms with Gasteiger partial charge in [0.2, 0.25) is 0 Å². The number of nitrogens with one attached hydrogen (secondary N) is 1. The van der Waals surface area contributed by atoms with Gasteiger partial charge in [-0.3, -0.25) is 0 Å². The standard InChI is InChI=1S/C15H17BrN2/c1-11(9-12-5-3-2-4-6-12)18-15-10-13(16)7-8-14(15)17/h2-8,10-11,18H,9,17H2,1H3. The Morgan fingerprint density at radius 1 is 1.17 bits per heavy atom. The molecule has 0 aliphatic heterocycles. The molecule has 0 amide bonds. The number of halogens is 1. The Labute approximate surface area is 116 Å². The third kappa shape index (κ3) is 3.50. The normalized spacial score (nSPS) is 12.1. The monoisotopic (exact) mass is 304 g/mol. The summed E-state index contributed by atoms with van der Waals surface area (Å²) < 4.78 is 1.03. The van der Waals surface area contributed by atoms with Crippen LogP contribution in [0.1, 0.15) is 12.5 Å². The molecule has 0 aromatic heterocycles. The molecule has 2 rings (SSSR count). The van der Waals surface area contributed by atoms with Gasteiger partial charge >= 0.3 is 0 Å². The Balaban J connectivity index is 2.03. The summed E-state index contributed by atoms with van der Waals surface area (Å²) in [5.41, 5.74) is 9.03. The Morgan fingerprint density at radius 3 is 2.61 bits per heavy atom. The topological polar surface area (TPSA) is 38.0 Å². The second-order valence-electron chi connectivity index (χ2n) is 4.47. The quantitative estimate of drug-likeness (QED) is 0.836. The van der Waals surface area contributed by atoms with Gasteiger partial charge in [-0.05, 0) is 37.1 Å². The first-order chi connectivity index (χ1) is 8.65. The average Bonchev–Trinajstić information content (AvgIpc) is 2.35. The van der Waals surface area contributed by atoms with Gasteiger partial charge in [0, 0.05) is 10.5 Å². The minimum absolute atomic E-state index is 0.337. The summed E-state index contributed by atoms with van der Waals surface area (Å²) in [7, 11) is 0. The van der Waals surface area contributed by atoms with Gasteiger partial charge in [-0.2, -0.15) is 0 Å². The zero-order valence-electron chi connectivity index (χ0n) is 10.4. The summed E-state index contributed by atoms with van der Waals surface area (Å²) in [5.74, 6) is 0. The smallest absolute Gasteiger partial charge is 0.0587 e. The summed E-state index contributed by atoms with van der Waals surface area (Å²) in [6.45, 7) is 2.16. The fraction of sp³-hybridized carbons (Fsp3) is 0.200. The van der Waals surface area contributed by atoms with Crippen LogP contribution in [0, 0.1) is 0 Å². The molecule has 0 fully saturated rings. The molecule has 0 saturated carbocycles. The Hall–Kier alpha value is -1.48. The van der Waals surface area contributed by atoms with E-state index >= 15 is 0 Å². The zero-order valence-corrected chi connectivity index (χ0v) is 11.9.